The number of ether oxygens (including phenoxy) is 1. The SMILES string of the molecule is N#Cc1ccccc1COC(=O)CN1C(=O)[C@H]2CC=CC[C@H]2C1=O. The van der Waals surface area contributed by atoms with Gasteiger partial charge in [0, 0.05) is 5.56 Å². The number of allylic oxidation sites excluding steroid dienone is 2. The first kappa shape index (κ1) is 15.9. The van der Waals surface area contributed by atoms with Gasteiger partial charge in [-0.3, -0.25) is 19.3 Å². The fourth-order valence-corrected chi connectivity index (χ4v) is 3.11. The van der Waals surface area contributed by atoms with Gasteiger partial charge < -0.3 is 4.74 Å². The predicted molar refractivity (Wildman–Crippen MR) is 83.0 cm³/mol. The van der Waals surface area contributed by atoms with Crippen LogP contribution >= 0.6 is 0 Å². The maximum Gasteiger partial charge on any atom is 0.326 e. The summed E-state index contributed by atoms with van der Waals surface area (Å²) in [6.07, 6.45) is 4.87. The standard InChI is InChI=1S/C18H16N2O4/c19-9-12-5-1-2-6-13(12)11-24-16(21)10-20-17(22)14-7-3-4-8-15(14)18(20)23/h1-6,14-15H,7-8,10-11H2/t14-,15+. The van der Waals surface area contributed by atoms with Crippen molar-refractivity contribution in [1.82, 2.24) is 4.90 Å². The Hall–Kier alpha value is -2.94. The molecule has 0 unspecified atom stereocenters. The summed E-state index contributed by atoms with van der Waals surface area (Å²) in [5.41, 5.74) is 1.01. The Labute approximate surface area is 139 Å². The number of nitriles is 1. The van der Waals surface area contributed by atoms with E-state index in [1.807, 2.05) is 18.2 Å². The van der Waals surface area contributed by atoms with E-state index in [4.69, 9.17) is 10.00 Å². The van der Waals surface area contributed by atoms with Gasteiger partial charge in [-0.1, -0.05) is 30.4 Å². The van der Waals surface area contributed by atoms with Crippen LogP contribution in [0.15, 0.2) is 36.4 Å². The Morgan fingerprint density at radius 3 is 2.42 bits per heavy atom. The summed E-state index contributed by atoms with van der Waals surface area (Å²) in [7, 11) is 0. The molecule has 0 aromatic heterocycles. The molecular weight excluding hydrogens is 308 g/mol. The maximum absolute atomic E-state index is 12.3. The lowest BCUT2D eigenvalue weighted by Crippen LogP contribution is -2.36. The van der Waals surface area contributed by atoms with Gasteiger partial charge >= 0.3 is 5.97 Å². The van der Waals surface area contributed by atoms with Crippen molar-refractivity contribution in [3.05, 3.63) is 47.5 Å². The second-order valence-corrected chi connectivity index (χ2v) is 5.85. The molecule has 1 fully saturated rings. The lowest BCUT2D eigenvalue weighted by atomic mass is 9.85. The largest absolute Gasteiger partial charge is 0.459 e. The molecule has 24 heavy (non-hydrogen) atoms. The highest BCUT2D eigenvalue weighted by atomic mass is 16.5. The van der Waals surface area contributed by atoms with Crippen LogP contribution in [-0.4, -0.2) is 29.2 Å². The Morgan fingerprint density at radius 1 is 1.17 bits per heavy atom. The molecule has 0 N–H and O–H groups in total. The summed E-state index contributed by atoms with van der Waals surface area (Å²) >= 11 is 0. The van der Waals surface area contributed by atoms with Crippen LogP contribution in [0.4, 0.5) is 0 Å². The highest BCUT2D eigenvalue weighted by molar-refractivity contribution is 6.07. The van der Waals surface area contributed by atoms with Gasteiger partial charge in [0.05, 0.1) is 23.5 Å². The number of fused-ring (bicyclic) bond motifs is 1. The van der Waals surface area contributed by atoms with Crippen molar-refractivity contribution in [2.24, 2.45) is 11.8 Å². The van der Waals surface area contributed by atoms with Gasteiger partial charge in [0.15, 0.2) is 0 Å². The highest BCUT2D eigenvalue weighted by Gasteiger charge is 2.47. The number of esters is 1. The number of benzene rings is 1. The third-order valence-corrected chi connectivity index (χ3v) is 4.41. The number of carbonyl (C=O) groups excluding carboxylic acids is 3. The molecule has 1 aliphatic heterocycles. The number of hydrogen-bond donors (Lipinski definition) is 0. The van der Waals surface area contributed by atoms with E-state index in [0.717, 1.165) is 4.90 Å². The van der Waals surface area contributed by atoms with Crippen LogP contribution in [0.25, 0.3) is 0 Å². The Kier molecular flexibility index (Phi) is 4.43. The fourth-order valence-electron chi connectivity index (χ4n) is 3.11. The van der Waals surface area contributed by atoms with Crippen molar-refractivity contribution in [3.63, 3.8) is 0 Å². The Morgan fingerprint density at radius 2 is 1.79 bits per heavy atom. The van der Waals surface area contributed by atoms with Crippen LogP contribution < -0.4 is 0 Å². The molecular formula is C18H16N2O4. The fraction of sp³-hybridized carbons (Fsp3) is 0.333. The minimum absolute atomic E-state index is 0.0623. The van der Waals surface area contributed by atoms with Crippen LogP contribution in [0.5, 0.6) is 0 Å². The summed E-state index contributed by atoms with van der Waals surface area (Å²) in [6.45, 7) is -0.438. The zero-order chi connectivity index (χ0) is 17.1. The first-order chi connectivity index (χ1) is 11.6. The van der Waals surface area contributed by atoms with Gasteiger partial charge in [0.2, 0.25) is 11.8 Å². The van der Waals surface area contributed by atoms with Crippen molar-refractivity contribution >= 4 is 17.8 Å². The van der Waals surface area contributed by atoms with Crippen molar-refractivity contribution < 1.29 is 19.1 Å². The summed E-state index contributed by atoms with van der Waals surface area (Å²) in [6, 6.07) is 8.82. The van der Waals surface area contributed by atoms with Gasteiger partial charge in [0.1, 0.15) is 13.2 Å². The predicted octanol–water partition coefficient (Wildman–Crippen LogP) is 1.55. The van der Waals surface area contributed by atoms with Gasteiger partial charge in [-0.2, -0.15) is 5.26 Å². The molecule has 0 radical (unpaired) electrons. The van der Waals surface area contributed by atoms with Crippen molar-refractivity contribution in [1.29, 1.82) is 5.26 Å². The van der Waals surface area contributed by atoms with E-state index in [9.17, 15) is 14.4 Å². The summed E-state index contributed by atoms with van der Waals surface area (Å²) < 4.78 is 5.13. The molecule has 1 saturated heterocycles. The van der Waals surface area contributed by atoms with E-state index in [1.54, 1.807) is 24.3 Å². The van der Waals surface area contributed by atoms with Gasteiger partial charge in [-0.05, 0) is 18.9 Å². The van der Waals surface area contributed by atoms with Gasteiger partial charge in [-0.15, -0.1) is 0 Å². The number of likely N-dealkylation sites (tertiary alicyclic amines) is 1. The lowest BCUT2D eigenvalue weighted by molar-refractivity contribution is -0.153. The highest BCUT2D eigenvalue weighted by Crippen LogP contribution is 2.34. The van der Waals surface area contributed by atoms with E-state index in [-0.39, 0.29) is 36.8 Å². The topological polar surface area (TPSA) is 87.5 Å². The zero-order valence-electron chi connectivity index (χ0n) is 13.0. The minimum atomic E-state index is -0.656. The van der Waals surface area contributed by atoms with E-state index in [0.29, 0.717) is 24.0 Å². The van der Waals surface area contributed by atoms with Crippen LogP contribution in [0, 0.1) is 23.2 Å². The van der Waals surface area contributed by atoms with E-state index in [2.05, 4.69) is 0 Å². The minimum Gasteiger partial charge on any atom is -0.459 e. The molecule has 122 valence electrons. The first-order valence-electron chi connectivity index (χ1n) is 7.75. The van der Waals surface area contributed by atoms with Crippen LogP contribution in [0.2, 0.25) is 0 Å². The second kappa shape index (κ2) is 6.67. The molecule has 6 nitrogen and oxygen atoms in total. The normalized spacial score (nSPS) is 22.2. The molecule has 1 aromatic rings. The number of rotatable bonds is 4. The van der Waals surface area contributed by atoms with E-state index < -0.39 is 5.97 Å². The summed E-state index contributed by atoms with van der Waals surface area (Å²) in [4.78, 5) is 37.6. The molecule has 3 rings (SSSR count). The van der Waals surface area contributed by atoms with Crippen LogP contribution in [-0.2, 0) is 25.7 Å². The second-order valence-electron chi connectivity index (χ2n) is 5.85. The molecule has 2 amide bonds. The van der Waals surface area contributed by atoms with Crippen LogP contribution in [0.3, 0.4) is 0 Å². The molecule has 0 bridgehead atoms. The molecule has 0 saturated carbocycles. The maximum atomic E-state index is 12.3. The molecule has 1 heterocycles. The average Bonchev–Trinajstić information content (AvgIpc) is 2.85. The quantitative estimate of drug-likeness (QED) is 0.476. The number of nitrogens with zero attached hydrogens (tertiary/aromatic N) is 2. The molecule has 2 aliphatic rings. The third kappa shape index (κ3) is 2.93. The van der Waals surface area contributed by atoms with Crippen molar-refractivity contribution in [2.45, 2.75) is 19.4 Å². The number of amides is 2. The molecule has 0 spiro atoms. The molecule has 6 heteroatoms. The lowest BCUT2D eigenvalue weighted by Gasteiger charge is -2.14. The smallest absolute Gasteiger partial charge is 0.326 e. The van der Waals surface area contributed by atoms with Crippen molar-refractivity contribution in [3.8, 4) is 6.07 Å². The third-order valence-electron chi connectivity index (χ3n) is 4.41. The van der Waals surface area contributed by atoms with E-state index in [1.165, 1.54) is 0 Å². The van der Waals surface area contributed by atoms with Crippen LogP contribution in [0.1, 0.15) is 24.0 Å². The first-order valence-corrected chi connectivity index (χ1v) is 7.75. The average molecular weight is 324 g/mol. The van der Waals surface area contributed by atoms with Gasteiger partial charge in [0.25, 0.3) is 0 Å². The molecule has 1 aliphatic carbocycles. The zero-order valence-corrected chi connectivity index (χ0v) is 13.0. The number of hydrogen-bond acceptors (Lipinski definition) is 5. The molecule has 2 atom stereocenters. The van der Waals surface area contributed by atoms with E-state index >= 15 is 0 Å². The summed E-state index contributed by atoms with van der Waals surface area (Å²) in [5.74, 6) is -1.97. The van der Waals surface area contributed by atoms with Gasteiger partial charge in [-0.25, -0.2) is 0 Å². The number of imide groups is 1. The summed E-state index contributed by atoms with van der Waals surface area (Å²) in [5, 5.41) is 9.01. The Bertz CT molecular complexity index is 737. The van der Waals surface area contributed by atoms with Crippen molar-refractivity contribution in [2.75, 3.05) is 6.54 Å². The monoisotopic (exact) mass is 324 g/mol. The Balaban J connectivity index is 1.60. The molecule has 1 aromatic carbocycles. The number of carbonyl (C=O) groups is 3.